The van der Waals surface area contributed by atoms with Gasteiger partial charge in [0.25, 0.3) is 0 Å². The van der Waals surface area contributed by atoms with Crippen LogP contribution < -0.4 is 9.80 Å². The summed E-state index contributed by atoms with van der Waals surface area (Å²) >= 11 is 0. The van der Waals surface area contributed by atoms with Crippen LogP contribution in [0.4, 0.5) is 16.2 Å². The second-order valence-corrected chi connectivity index (χ2v) is 6.44. The minimum atomic E-state index is -0.163. The molecule has 1 fully saturated rings. The van der Waals surface area contributed by atoms with Gasteiger partial charge in [-0.3, -0.25) is 0 Å². The number of fused-ring (bicyclic) bond motifs is 3. The third-order valence-electron chi connectivity index (χ3n) is 5.32. The number of nitrogens with zero attached hydrogens (tertiary/aromatic N) is 3. The zero-order valence-corrected chi connectivity index (χ0v) is 13.3. The molecule has 0 aromatic heterocycles. The molecule has 3 heterocycles. The topological polar surface area (TPSA) is 36.0 Å². The number of likely N-dealkylation sites (tertiary alicyclic amines) is 1. The van der Waals surface area contributed by atoms with Crippen molar-refractivity contribution >= 4 is 17.5 Å². The van der Waals surface area contributed by atoms with E-state index in [2.05, 4.69) is 35.0 Å². The van der Waals surface area contributed by atoms with E-state index in [4.69, 9.17) is 4.74 Å². The highest BCUT2D eigenvalue weighted by Gasteiger charge is 2.45. The number of rotatable bonds is 1. The van der Waals surface area contributed by atoms with Crippen molar-refractivity contribution in [1.82, 2.24) is 4.90 Å². The first kappa shape index (κ1) is 13.7. The maximum atomic E-state index is 12.1. The van der Waals surface area contributed by atoms with Crippen LogP contribution in [0, 0.1) is 0 Å². The molecular weight excluding hydrogens is 278 g/mol. The average Bonchev–Trinajstić information content (AvgIpc) is 2.86. The van der Waals surface area contributed by atoms with E-state index in [1.807, 2.05) is 11.8 Å². The second-order valence-electron chi connectivity index (χ2n) is 6.44. The van der Waals surface area contributed by atoms with Gasteiger partial charge in [0.1, 0.15) is 0 Å². The molecule has 4 rings (SSSR count). The molecule has 0 saturated carbocycles. The Morgan fingerprint density at radius 2 is 2.18 bits per heavy atom. The minimum Gasteiger partial charge on any atom is -0.450 e. The van der Waals surface area contributed by atoms with E-state index in [0.717, 1.165) is 32.6 Å². The van der Waals surface area contributed by atoms with Gasteiger partial charge in [-0.1, -0.05) is 12.1 Å². The van der Waals surface area contributed by atoms with Crippen LogP contribution >= 0.6 is 0 Å². The van der Waals surface area contributed by atoms with E-state index in [0.29, 0.717) is 18.6 Å². The van der Waals surface area contributed by atoms with E-state index in [1.165, 1.54) is 16.9 Å². The van der Waals surface area contributed by atoms with Gasteiger partial charge in [0.15, 0.2) is 0 Å². The number of ether oxygens (including phenoxy) is 1. The fourth-order valence-electron chi connectivity index (χ4n) is 4.29. The number of hydrogen-bond donors (Lipinski definition) is 0. The van der Waals surface area contributed by atoms with Crippen LogP contribution in [0.1, 0.15) is 24.8 Å². The van der Waals surface area contributed by atoms with Crippen LogP contribution in [0.5, 0.6) is 0 Å². The maximum absolute atomic E-state index is 12.1. The van der Waals surface area contributed by atoms with Gasteiger partial charge in [0.05, 0.1) is 18.0 Å². The van der Waals surface area contributed by atoms with Crippen molar-refractivity contribution in [3.63, 3.8) is 0 Å². The predicted octanol–water partition coefficient (Wildman–Crippen LogP) is 2.27. The lowest BCUT2D eigenvalue weighted by molar-refractivity contribution is 0.0934. The van der Waals surface area contributed by atoms with Crippen LogP contribution in [0.25, 0.3) is 0 Å². The Morgan fingerprint density at radius 1 is 1.32 bits per heavy atom. The lowest BCUT2D eigenvalue weighted by Gasteiger charge is -2.41. The number of anilines is 2. The lowest BCUT2D eigenvalue weighted by atomic mass is 9.89. The Morgan fingerprint density at radius 3 is 3.00 bits per heavy atom. The van der Waals surface area contributed by atoms with Crippen molar-refractivity contribution in [1.29, 1.82) is 0 Å². The van der Waals surface area contributed by atoms with Gasteiger partial charge in [-0.25, -0.2) is 4.79 Å². The number of benzene rings is 1. The third-order valence-corrected chi connectivity index (χ3v) is 5.32. The quantitative estimate of drug-likeness (QED) is 0.797. The largest absolute Gasteiger partial charge is 0.450 e. The zero-order valence-electron chi connectivity index (χ0n) is 13.3. The van der Waals surface area contributed by atoms with Crippen molar-refractivity contribution in [3.8, 4) is 0 Å². The molecule has 3 aliphatic rings. The number of likely N-dealkylation sites (N-methyl/N-ethyl adjacent to an activating group) is 1. The highest BCUT2D eigenvalue weighted by atomic mass is 16.6. The normalized spacial score (nSPS) is 25.8. The number of hydrogen-bond acceptors (Lipinski definition) is 4. The van der Waals surface area contributed by atoms with Gasteiger partial charge < -0.3 is 19.4 Å². The summed E-state index contributed by atoms with van der Waals surface area (Å²) in [6.07, 6.45) is 0.866. The Balaban J connectivity index is 1.67. The van der Waals surface area contributed by atoms with E-state index >= 15 is 0 Å². The Labute approximate surface area is 131 Å². The van der Waals surface area contributed by atoms with Crippen LogP contribution in [0.2, 0.25) is 0 Å². The number of piperidine rings is 1. The molecule has 0 bridgehead atoms. The molecule has 1 aromatic carbocycles. The van der Waals surface area contributed by atoms with E-state index in [1.54, 1.807) is 0 Å². The molecule has 1 saturated heterocycles. The molecule has 22 heavy (non-hydrogen) atoms. The smallest absolute Gasteiger partial charge is 0.409 e. The Kier molecular flexibility index (Phi) is 3.17. The Hall–Kier alpha value is -1.91. The summed E-state index contributed by atoms with van der Waals surface area (Å²) in [5.74, 6) is 0.416. The fourth-order valence-corrected chi connectivity index (χ4v) is 4.29. The number of amides is 1. The SMILES string of the molecule is CCOC(=O)N1CCC2C(C1)c1cccc3c1N2CCN3C. The van der Waals surface area contributed by atoms with Crippen molar-refractivity contribution in [3.05, 3.63) is 23.8 Å². The van der Waals surface area contributed by atoms with E-state index in [-0.39, 0.29) is 6.09 Å². The highest BCUT2D eigenvalue weighted by molar-refractivity contribution is 5.81. The van der Waals surface area contributed by atoms with Gasteiger partial charge in [-0.15, -0.1) is 0 Å². The van der Waals surface area contributed by atoms with E-state index in [9.17, 15) is 4.79 Å². The molecular formula is C17H23N3O2. The summed E-state index contributed by atoms with van der Waals surface area (Å²) in [4.78, 5) is 18.9. The lowest BCUT2D eigenvalue weighted by Crippen LogP contribution is -2.50. The second kappa shape index (κ2) is 5.07. The van der Waals surface area contributed by atoms with Crippen molar-refractivity contribution in [2.24, 2.45) is 0 Å². The third kappa shape index (κ3) is 1.87. The minimum absolute atomic E-state index is 0.163. The molecule has 0 radical (unpaired) electrons. The van der Waals surface area contributed by atoms with Gasteiger partial charge in [-0.2, -0.15) is 0 Å². The summed E-state index contributed by atoms with van der Waals surface area (Å²) in [7, 11) is 2.17. The first-order valence-electron chi connectivity index (χ1n) is 8.23. The number of carbonyl (C=O) groups excluding carboxylic acids is 1. The highest BCUT2D eigenvalue weighted by Crippen LogP contribution is 2.50. The summed E-state index contributed by atoms with van der Waals surface area (Å²) in [6.45, 7) is 6.04. The van der Waals surface area contributed by atoms with Gasteiger partial charge >= 0.3 is 6.09 Å². The summed E-state index contributed by atoms with van der Waals surface area (Å²) < 4.78 is 5.19. The first-order valence-corrected chi connectivity index (χ1v) is 8.23. The molecule has 2 atom stereocenters. The molecule has 0 aliphatic carbocycles. The number of carbonyl (C=O) groups is 1. The van der Waals surface area contributed by atoms with Gasteiger partial charge in [-0.05, 0) is 25.0 Å². The van der Waals surface area contributed by atoms with Crippen LogP contribution in [-0.2, 0) is 4.74 Å². The van der Waals surface area contributed by atoms with Gasteiger partial charge in [0.2, 0.25) is 0 Å². The Bertz CT molecular complexity index is 604. The maximum Gasteiger partial charge on any atom is 0.409 e. The molecule has 0 spiro atoms. The molecule has 2 unspecified atom stereocenters. The van der Waals surface area contributed by atoms with Crippen LogP contribution in [0.15, 0.2) is 18.2 Å². The molecule has 3 aliphatic heterocycles. The van der Waals surface area contributed by atoms with Crippen molar-refractivity contribution in [2.45, 2.75) is 25.3 Å². The van der Waals surface area contributed by atoms with Crippen LogP contribution in [0.3, 0.4) is 0 Å². The van der Waals surface area contributed by atoms with Crippen molar-refractivity contribution < 1.29 is 9.53 Å². The van der Waals surface area contributed by atoms with Crippen LogP contribution in [-0.4, -0.2) is 56.9 Å². The molecule has 5 nitrogen and oxygen atoms in total. The molecule has 1 amide bonds. The standard InChI is InChI=1S/C17H23N3O2/c1-3-22-17(21)19-8-7-14-13(11-19)12-5-4-6-15-16(12)20(14)10-9-18(15)2/h4-6,13-14H,3,7-11H2,1-2H3. The average molecular weight is 301 g/mol. The summed E-state index contributed by atoms with van der Waals surface area (Å²) in [5, 5.41) is 0. The first-order chi connectivity index (χ1) is 10.7. The summed E-state index contributed by atoms with van der Waals surface area (Å²) in [5.41, 5.74) is 4.14. The number of para-hydroxylation sites is 1. The predicted molar refractivity (Wildman–Crippen MR) is 86.8 cm³/mol. The molecule has 1 aromatic rings. The van der Waals surface area contributed by atoms with E-state index < -0.39 is 0 Å². The van der Waals surface area contributed by atoms with Gasteiger partial charge in [0, 0.05) is 45.2 Å². The molecule has 5 heteroatoms. The fraction of sp³-hybridized carbons (Fsp3) is 0.588. The van der Waals surface area contributed by atoms with Crippen molar-refractivity contribution in [2.75, 3.05) is 49.6 Å². The molecule has 0 N–H and O–H groups in total. The zero-order chi connectivity index (χ0) is 15.3. The summed E-state index contributed by atoms with van der Waals surface area (Å²) in [6, 6.07) is 7.14. The molecule has 118 valence electrons. The monoisotopic (exact) mass is 301 g/mol.